The number of nitrogens with one attached hydrogen (secondary N) is 2. The summed E-state index contributed by atoms with van der Waals surface area (Å²) in [6.45, 7) is 1.42. The maximum Gasteiger partial charge on any atom is 0.270 e. The topological polar surface area (TPSA) is 121 Å². The number of carbonyl (C=O) groups is 2. The van der Waals surface area contributed by atoms with Gasteiger partial charge in [-0.2, -0.15) is 0 Å². The number of amides is 2. The molecule has 11 heteroatoms. The zero-order valence-corrected chi connectivity index (χ0v) is 18.7. The molecule has 1 fully saturated rings. The molecule has 9 nitrogen and oxygen atoms in total. The molecular formula is C21H21N5O4S2. The first-order chi connectivity index (χ1) is 15.4. The third kappa shape index (κ3) is 5.36. The number of likely N-dealkylation sites (tertiary alicyclic amines) is 1. The summed E-state index contributed by atoms with van der Waals surface area (Å²) in [4.78, 5) is 25.7. The monoisotopic (exact) mass is 471 g/mol. The Morgan fingerprint density at radius 3 is 2.44 bits per heavy atom. The van der Waals surface area contributed by atoms with Crippen molar-refractivity contribution in [1.29, 1.82) is 0 Å². The van der Waals surface area contributed by atoms with Crippen molar-refractivity contribution in [3.8, 4) is 0 Å². The Hall–Kier alpha value is -3.15. The Balaban J connectivity index is 1.33. The van der Waals surface area contributed by atoms with Gasteiger partial charge >= 0.3 is 0 Å². The van der Waals surface area contributed by atoms with E-state index >= 15 is 0 Å². The smallest absolute Gasteiger partial charge is 0.270 e. The minimum Gasteiger partial charge on any atom is -0.338 e. The fourth-order valence-corrected chi connectivity index (χ4v) is 5.18. The highest BCUT2D eigenvalue weighted by atomic mass is 32.2. The molecule has 32 heavy (non-hydrogen) atoms. The maximum atomic E-state index is 12.5. The number of benzene rings is 2. The van der Waals surface area contributed by atoms with Gasteiger partial charge in [-0.1, -0.05) is 53.8 Å². The van der Waals surface area contributed by atoms with Crippen LogP contribution in [0, 0.1) is 0 Å². The lowest BCUT2D eigenvalue weighted by Crippen LogP contribution is -2.24. The third-order valence-electron chi connectivity index (χ3n) is 4.93. The normalized spacial score (nSPS) is 14.0. The Bertz CT molecular complexity index is 1210. The molecule has 3 aromatic rings. The molecule has 2 amide bonds. The summed E-state index contributed by atoms with van der Waals surface area (Å²) in [5.41, 5.74) is 2.20. The lowest BCUT2D eigenvalue weighted by Gasteiger charge is -2.15. The molecule has 1 aliphatic rings. The summed E-state index contributed by atoms with van der Waals surface area (Å²) in [6.07, 6.45) is 1.49. The van der Waals surface area contributed by atoms with Gasteiger partial charge in [-0.15, -0.1) is 10.2 Å². The number of aromatic nitrogens is 2. The SMILES string of the molecule is O=C(Nc1nnc(S(=O)(=O)NCc2ccc(CN3CCCC3=O)cc2)s1)c1ccccc1. The quantitative estimate of drug-likeness (QED) is 0.487. The zero-order valence-electron chi connectivity index (χ0n) is 17.0. The molecule has 0 saturated carbocycles. The number of hydrogen-bond acceptors (Lipinski definition) is 7. The fourth-order valence-electron chi connectivity index (χ4n) is 3.22. The van der Waals surface area contributed by atoms with E-state index in [1.165, 1.54) is 0 Å². The van der Waals surface area contributed by atoms with Crippen molar-refractivity contribution >= 4 is 38.3 Å². The van der Waals surface area contributed by atoms with Crippen LogP contribution in [0.1, 0.15) is 34.3 Å². The summed E-state index contributed by atoms with van der Waals surface area (Å²) >= 11 is 0.776. The van der Waals surface area contributed by atoms with Gasteiger partial charge in [0, 0.05) is 31.6 Å². The molecule has 0 aliphatic carbocycles. The van der Waals surface area contributed by atoms with Crippen LogP contribution < -0.4 is 10.0 Å². The van der Waals surface area contributed by atoms with Crippen LogP contribution >= 0.6 is 11.3 Å². The van der Waals surface area contributed by atoms with Gasteiger partial charge in [-0.05, 0) is 29.7 Å². The van der Waals surface area contributed by atoms with Crippen molar-refractivity contribution in [2.45, 2.75) is 30.3 Å². The zero-order chi connectivity index (χ0) is 22.6. The van der Waals surface area contributed by atoms with Crippen LogP contribution in [-0.2, 0) is 27.9 Å². The number of anilines is 1. The highest BCUT2D eigenvalue weighted by Crippen LogP contribution is 2.21. The molecule has 2 N–H and O–H groups in total. The van der Waals surface area contributed by atoms with Gasteiger partial charge < -0.3 is 4.90 Å². The molecule has 1 saturated heterocycles. The van der Waals surface area contributed by atoms with Crippen LogP contribution in [0.5, 0.6) is 0 Å². The van der Waals surface area contributed by atoms with Crippen molar-refractivity contribution in [3.05, 3.63) is 71.3 Å². The van der Waals surface area contributed by atoms with Gasteiger partial charge in [-0.3, -0.25) is 14.9 Å². The van der Waals surface area contributed by atoms with E-state index in [1.54, 1.807) is 30.3 Å². The highest BCUT2D eigenvalue weighted by Gasteiger charge is 2.22. The van der Waals surface area contributed by atoms with Gasteiger partial charge in [0.15, 0.2) is 0 Å². The second-order valence-electron chi connectivity index (χ2n) is 7.25. The van der Waals surface area contributed by atoms with E-state index in [0.717, 1.165) is 35.4 Å². The number of sulfonamides is 1. The van der Waals surface area contributed by atoms with E-state index < -0.39 is 15.9 Å². The van der Waals surface area contributed by atoms with Gasteiger partial charge in [0.1, 0.15) is 0 Å². The molecule has 1 aliphatic heterocycles. The van der Waals surface area contributed by atoms with E-state index in [4.69, 9.17) is 0 Å². The van der Waals surface area contributed by atoms with Gasteiger partial charge in [0.05, 0.1) is 0 Å². The van der Waals surface area contributed by atoms with E-state index in [2.05, 4.69) is 20.2 Å². The van der Waals surface area contributed by atoms with Crippen molar-refractivity contribution < 1.29 is 18.0 Å². The third-order valence-corrected chi connectivity index (χ3v) is 7.53. The van der Waals surface area contributed by atoms with Crippen LogP contribution in [-0.4, -0.2) is 41.9 Å². The largest absolute Gasteiger partial charge is 0.338 e. The second kappa shape index (κ2) is 9.55. The van der Waals surface area contributed by atoms with Crippen LogP contribution in [0.15, 0.2) is 58.9 Å². The molecular weight excluding hydrogens is 450 g/mol. The van der Waals surface area contributed by atoms with Crippen molar-refractivity contribution in [2.75, 3.05) is 11.9 Å². The Morgan fingerprint density at radius 1 is 1.03 bits per heavy atom. The maximum absolute atomic E-state index is 12.5. The molecule has 2 aromatic carbocycles. The second-order valence-corrected chi connectivity index (χ2v) is 10.2. The van der Waals surface area contributed by atoms with Crippen molar-refractivity contribution in [3.63, 3.8) is 0 Å². The van der Waals surface area contributed by atoms with E-state index in [-0.39, 0.29) is 21.9 Å². The number of nitrogens with zero attached hydrogens (tertiary/aromatic N) is 3. The molecule has 166 valence electrons. The Labute approximate surface area is 189 Å². The predicted octanol–water partition coefficient (Wildman–Crippen LogP) is 2.39. The van der Waals surface area contributed by atoms with E-state index in [9.17, 15) is 18.0 Å². The number of rotatable bonds is 8. The minimum absolute atomic E-state index is 0.0799. The molecule has 0 bridgehead atoms. The average molecular weight is 472 g/mol. The van der Waals surface area contributed by atoms with E-state index in [1.807, 2.05) is 29.2 Å². The molecule has 4 rings (SSSR count). The van der Waals surface area contributed by atoms with Crippen LogP contribution in [0.4, 0.5) is 5.13 Å². The minimum atomic E-state index is -3.88. The van der Waals surface area contributed by atoms with Gasteiger partial charge in [0.25, 0.3) is 15.9 Å². The molecule has 1 aromatic heterocycles. The molecule has 0 spiro atoms. The average Bonchev–Trinajstić information content (AvgIpc) is 3.43. The lowest BCUT2D eigenvalue weighted by molar-refractivity contribution is -0.128. The number of hydrogen-bond donors (Lipinski definition) is 2. The number of carbonyl (C=O) groups excluding carboxylic acids is 2. The first-order valence-corrected chi connectivity index (χ1v) is 12.3. The fraction of sp³-hybridized carbons (Fsp3) is 0.238. The first kappa shape index (κ1) is 22.1. The first-order valence-electron chi connectivity index (χ1n) is 9.96. The summed E-state index contributed by atoms with van der Waals surface area (Å²) in [6, 6.07) is 16.0. The standard InChI is InChI=1S/C21H21N5O4S2/c27-18-7-4-12-26(18)14-16-10-8-15(9-11-16)13-22-32(29,30)21-25-24-20(31-21)23-19(28)17-5-2-1-3-6-17/h1-3,5-6,8-11,22H,4,7,12-14H2,(H,23,24,28). The predicted molar refractivity (Wildman–Crippen MR) is 119 cm³/mol. The molecule has 2 heterocycles. The Kier molecular flexibility index (Phi) is 6.58. The summed E-state index contributed by atoms with van der Waals surface area (Å²) < 4.78 is 27.4. The van der Waals surface area contributed by atoms with Gasteiger partial charge in [-0.25, -0.2) is 13.1 Å². The van der Waals surface area contributed by atoms with Crippen LogP contribution in [0.2, 0.25) is 0 Å². The molecule has 0 unspecified atom stereocenters. The molecule has 0 atom stereocenters. The van der Waals surface area contributed by atoms with Crippen molar-refractivity contribution in [2.24, 2.45) is 0 Å². The summed E-state index contributed by atoms with van der Waals surface area (Å²) in [5, 5.41) is 10.1. The summed E-state index contributed by atoms with van der Waals surface area (Å²) in [5.74, 6) is -0.229. The van der Waals surface area contributed by atoms with Crippen molar-refractivity contribution in [1.82, 2.24) is 19.8 Å². The lowest BCUT2D eigenvalue weighted by atomic mass is 10.1. The highest BCUT2D eigenvalue weighted by molar-refractivity contribution is 7.91. The van der Waals surface area contributed by atoms with Crippen LogP contribution in [0.3, 0.4) is 0 Å². The van der Waals surface area contributed by atoms with Gasteiger partial charge in [0.2, 0.25) is 15.4 Å². The van der Waals surface area contributed by atoms with Crippen LogP contribution in [0.25, 0.3) is 0 Å². The molecule has 0 radical (unpaired) electrons. The van der Waals surface area contributed by atoms with E-state index in [0.29, 0.717) is 18.5 Å². The Morgan fingerprint density at radius 2 is 1.75 bits per heavy atom. The summed E-state index contributed by atoms with van der Waals surface area (Å²) in [7, 11) is -3.88.